The third-order valence-electron chi connectivity index (χ3n) is 4.15. The van der Waals surface area contributed by atoms with Crippen LogP contribution in [0.5, 0.6) is 0 Å². The van der Waals surface area contributed by atoms with Gasteiger partial charge in [-0.2, -0.15) is 4.98 Å². The van der Waals surface area contributed by atoms with Crippen molar-refractivity contribution in [2.45, 2.75) is 38.6 Å². The molecule has 1 fully saturated rings. The first-order valence-electron chi connectivity index (χ1n) is 7.87. The molecule has 1 amide bonds. The van der Waals surface area contributed by atoms with E-state index < -0.39 is 0 Å². The Balaban J connectivity index is 1.59. The SMILES string of the molecule is Cc1nc(C2CCCN(C(=O)CCn3ccccc3=O)C2)no1. The van der Waals surface area contributed by atoms with Gasteiger partial charge in [0.15, 0.2) is 5.82 Å². The molecule has 0 radical (unpaired) electrons. The molecule has 1 saturated heterocycles. The van der Waals surface area contributed by atoms with E-state index in [1.165, 1.54) is 6.07 Å². The van der Waals surface area contributed by atoms with Crippen molar-refractivity contribution in [1.82, 2.24) is 19.6 Å². The Morgan fingerprint density at radius 3 is 3.04 bits per heavy atom. The Bertz CT molecular complexity index is 737. The fraction of sp³-hybridized carbons (Fsp3) is 0.500. The molecule has 122 valence electrons. The Morgan fingerprint density at radius 1 is 1.43 bits per heavy atom. The van der Waals surface area contributed by atoms with Crippen molar-refractivity contribution in [1.29, 1.82) is 0 Å². The van der Waals surface area contributed by atoms with Crippen LogP contribution < -0.4 is 5.56 Å². The minimum absolute atomic E-state index is 0.0608. The fourth-order valence-electron chi connectivity index (χ4n) is 2.91. The number of pyridine rings is 1. The second kappa shape index (κ2) is 6.76. The summed E-state index contributed by atoms with van der Waals surface area (Å²) >= 11 is 0. The van der Waals surface area contributed by atoms with Gasteiger partial charge in [0.2, 0.25) is 11.8 Å². The van der Waals surface area contributed by atoms with Crippen LogP contribution >= 0.6 is 0 Å². The predicted octanol–water partition coefficient (Wildman–Crippen LogP) is 1.34. The highest BCUT2D eigenvalue weighted by molar-refractivity contribution is 5.76. The summed E-state index contributed by atoms with van der Waals surface area (Å²) in [6.07, 6.45) is 3.91. The van der Waals surface area contributed by atoms with Crippen molar-refractivity contribution in [2.75, 3.05) is 13.1 Å². The zero-order chi connectivity index (χ0) is 16.2. The number of hydrogen-bond acceptors (Lipinski definition) is 5. The number of carbonyl (C=O) groups excluding carboxylic acids is 1. The summed E-state index contributed by atoms with van der Waals surface area (Å²) in [5.74, 6) is 1.42. The Kier molecular flexibility index (Phi) is 4.55. The van der Waals surface area contributed by atoms with E-state index in [-0.39, 0.29) is 17.4 Å². The number of aromatic nitrogens is 3. The summed E-state index contributed by atoms with van der Waals surface area (Å²) in [6, 6.07) is 4.99. The molecule has 0 aliphatic carbocycles. The first-order valence-corrected chi connectivity index (χ1v) is 7.87. The maximum atomic E-state index is 12.4. The third kappa shape index (κ3) is 3.67. The van der Waals surface area contributed by atoms with Gasteiger partial charge in [-0.3, -0.25) is 9.59 Å². The molecule has 2 aromatic rings. The molecule has 1 aliphatic heterocycles. The summed E-state index contributed by atoms with van der Waals surface area (Å²) in [4.78, 5) is 30.2. The van der Waals surface area contributed by atoms with Crippen LogP contribution in [0.2, 0.25) is 0 Å². The van der Waals surface area contributed by atoms with E-state index in [1.807, 2.05) is 4.90 Å². The van der Waals surface area contributed by atoms with Gasteiger partial charge in [0.05, 0.1) is 0 Å². The molecule has 7 heteroatoms. The fourth-order valence-corrected chi connectivity index (χ4v) is 2.91. The summed E-state index contributed by atoms with van der Waals surface area (Å²) in [5.41, 5.74) is -0.0842. The first kappa shape index (κ1) is 15.5. The maximum Gasteiger partial charge on any atom is 0.250 e. The van der Waals surface area contributed by atoms with Gasteiger partial charge in [0.25, 0.3) is 5.56 Å². The molecule has 0 aromatic carbocycles. The normalized spacial score (nSPS) is 18.1. The summed E-state index contributed by atoms with van der Waals surface area (Å²) < 4.78 is 6.59. The summed E-state index contributed by atoms with van der Waals surface area (Å²) in [7, 11) is 0. The number of nitrogens with zero attached hydrogens (tertiary/aromatic N) is 4. The lowest BCUT2D eigenvalue weighted by Gasteiger charge is -2.31. The number of amides is 1. The number of carbonyl (C=O) groups is 1. The highest BCUT2D eigenvalue weighted by Crippen LogP contribution is 2.25. The van der Waals surface area contributed by atoms with Crippen molar-refractivity contribution >= 4 is 5.91 Å². The molecule has 3 rings (SSSR count). The van der Waals surface area contributed by atoms with E-state index >= 15 is 0 Å². The van der Waals surface area contributed by atoms with E-state index in [0.29, 0.717) is 31.2 Å². The van der Waals surface area contributed by atoms with Crippen LogP contribution in [0.15, 0.2) is 33.7 Å². The Labute approximate surface area is 133 Å². The molecule has 1 atom stereocenters. The van der Waals surface area contributed by atoms with Crippen LogP contribution in [0.25, 0.3) is 0 Å². The molecular formula is C16H20N4O3. The minimum atomic E-state index is -0.0842. The van der Waals surface area contributed by atoms with Crippen LogP contribution in [0.4, 0.5) is 0 Å². The quantitative estimate of drug-likeness (QED) is 0.850. The van der Waals surface area contributed by atoms with Gasteiger partial charge in [0, 0.05) is 51.2 Å². The maximum absolute atomic E-state index is 12.4. The van der Waals surface area contributed by atoms with Crippen molar-refractivity contribution in [3.63, 3.8) is 0 Å². The molecular weight excluding hydrogens is 296 g/mol. The zero-order valence-corrected chi connectivity index (χ0v) is 13.1. The average molecular weight is 316 g/mol. The van der Waals surface area contributed by atoms with Crippen LogP contribution in [-0.4, -0.2) is 38.6 Å². The van der Waals surface area contributed by atoms with Gasteiger partial charge >= 0.3 is 0 Å². The van der Waals surface area contributed by atoms with E-state index in [0.717, 1.165) is 19.4 Å². The Morgan fingerprint density at radius 2 is 2.30 bits per heavy atom. The molecule has 2 aromatic heterocycles. The molecule has 1 unspecified atom stereocenters. The van der Waals surface area contributed by atoms with Gasteiger partial charge in [-0.1, -0.05) is 11.2 Å². The molecule has 7 nitrogen and oxygen atoms in total. The second-order valence-corrected chi connectivity index (χ2v) is 5.83. The van der Waals surface area contributed by atoms with Crippen LogP contribution in [0.1, 0.15) is 36.9 Å². The van der Waals surface area contributed by atoms with Gasteiger partial charge < -0.3 is 14.0 Å². The standard InChI is InChI=1S/C16H20N4O3/c1-12-17-16(18-23-12)13-5-4-9-20(11-13)15(22)7-10-19-8-3-2-6-14(19)21/h2-3,6,8,13H,4-5,7,9-11H2,1H3. The van der Waals surface area contributed by atoms with E-state index in [2.05, 4.69) is 10.1 Å². The van der Waals surface area contributed by atoms with Gasteiger partial charge in [0.1, 0.15) is 0 Å². The van der Waals surface area contributed by atoms with Crippen LogP contribution in [0.3, 0.4) is 0 Å². The van der Waals surface area contributed by atoms with Crippen LogP contribution in [0, 0.1) is 6.92 Å². The average Bonchev–Trinajstić information content (AvgIpc) is 3.00. The molecule has 23 heavy (non-hydrogen) atoms. The number of hydrogen-bond donors (Lipinski definition) is 0. The van der Waals surface area contributed by atoms with Gasteiger partial charge in [-0.15, -0.1) is 0 Å². The highest BCUT2D eigenvalue weighted by Gasteiger charge is 2.27. The number of likely N-dealkylation sites (tertiary alicyclic amines) is 1. The van der Waals surface area contributed by atoms with E-state index in [4.69, 9.17) is 4.52 Å². The third-order valence-corrected chi connectivity index (χ3v) is 4.15. The van der Waals surface area contributed by atoms with Crippen molar-refractivity contribution in [2.24, 2.45) is 0 Å². The molecule has 3 heterocycles. The number of aryl methyl sites for hydroxylation is 2. The monoisotopic (exact) mass is 316 g/mol. The highest BCUT2D eigenvalue weighted by atomic mass is 16.5. The molecule has 0 N–H and O–H groups in total. The van der Waals surface area contributed by atoms with Crippen molar-refractivity contribution in [3.8, 4) is 0 Å². The van der Waals surface area contributed by atoms with Crippen LogP contribution in [-0.2, 0) is 11.3 Å². The lowest BCUT2D eigenvalue weighted by atomic mass is 9.97. The topological polar surface area (TPSA) is 81.2 Å². The van der Waals surface area contributed by atoms with Crippen molar-refractivity contribution < 1.29 is 9.32 Å². The second-order valence-electron chi connectivity index (χ2n) is 5.83. The van der Waals surface area contributed by atoms with E-state index in [9.17, 15) is 9.59 Å². The Hall–Kier alpha value is -2.44. The first-order chi connectivity index (χ1) is 11.1. The molecule has 0 saturated carbocycles. The lowest BCUT2D eigenvalue weighted by Crippen LogP contribution is -2.40. The smallest absolute Gasteiger partial charge is 0.250 e. The summed E-state index contributed by atoms with van der Waals surface area (Å²) in [6.45, 7) is 3.53. The summed E-state index contributed by atoms with van der Waals surface area (Å²) in [5, 5.41) is 3.97. The van der Waals surface area contributed by atoms with E-state index in [1.54, 1.807) is 29.8 Å². The molecule has 1 aliphatic rings. The largest absolute Gasteiger partial charge is 0.342 e. The zero-order valence-electron chi connectivity index (χ0n) is 13.1. The predicted molar refractivity (Wildman–Crippen MR) is 82.9 cm³/mol. The number of rotatable bonds is 4. The van der Waals surface area contributed by atoms with Gasteiger partial charge in [-0.25, -0.2) is 0 Å². The minimum Gasteiger partial charge on any atom is -0.342 e. The lowest BCUT2D eigenvalue weighted by molar-refractivity contribution is -0.132. The van der Waals surface area contributed by atoms with Crippen molar-refractivity contribution in [3.05, 3.63) is 46.5 Å². The number of piperidine rings is 1. The van der Waals surface area contributed by atoms with Gasteiger partial charge in [-0.05, 0) is 18.9 Å². The molecule has 0 bridgehead atoms. The molecule has 0 spiro atoms.